The lowest BCUT2D eigenvalue weighted by Gasteiger charge is -2.28. The van der Waals surface area contributed by atoms with Crippen LogP contribution in [-0.4, -0.2) is 0 Å². The third-order valence-corrected chi connectivity index (χ3v) is 13.1. The Balaban J connectivity index is 1.02. The van der Waals surface area contributed by atoms with Gasteiger partial charge in [0, 0.05) is 43.7 Å². The van der Waals surface area contributed by atoms with Gasteiger partial charge in [-0.3, -0.25) is 0 Å². The number of nitrogens with zero attached hydrogens (tertiary/aromatic N) is 1. The zero-order chi connectivity index (χ0) is 42.8. The number of rotatable bonds is 7. The monoisotopic (exact) mass is 829 g/mol. The Morgan fingerprint density at radius 2 is 0.831 bits per heavy atom. The minimum atomic E-state index is 0.839. The van der Waals surface area contributed by atoms with Crippen LogP contribution in [0.3, 0.4) is 0 Å². The van der Waals surface area contributed by atoms with Gasteiger partial charge in [0.15, 0.2) is 0 Å². The molecule has 0 aliphatic rings. The van der Waals surface area contributed by atoms with E-state index in [1.807, 2.05) is 0 Å². The molecule has 0 fully saturated rings. The molecule has 0 aliphatic heterocycles. The van der Waals surface area contributed by atoms with Crippen molar-refractivity contribution >= 4 is 82.5 Å². The van der Waals surface area contributed by atoms with Gasteiger partial charge < -0.3 is 13.7 Å². The molecule has 0 atom stereocenters. The summed E-state index contributed by atoms with van der Waals surface area (Å²) in [6.45, 7) is 0. The van der Waals surface area contributed by atoms with E-state index in [-0.39, 0.29) is 0 Å². The largest absolute Gasteiger partial charge is 0.455 e. The van der Waals surface area contributed by atoms with Crippen LogP contribution in [0.4, 0.5) is 17.1 Å². The second kappa shape index (κ2) is 15.0. The van der Waals surface area contributed by atoms with E-state index in [0.29, 0.717) is 0 Å². The molecule has 0 bridgehead atoms. The number of hydrogen-bond donors (Lipinski definition) is 0. The van der Waals surface area contributed by atoms with Crippen molar-refractivity contribution in [3.8, 4) is 44.5 Å². The average Bonchev–Trinajstić information content (AvgIpc) is 3.97. The molecule has 0 N–H and O–H groups in total. The molecule has 13 rings (SSSR count). The van der Waals surface area contributed by atoms with Crippen LogP contribution in [0.5, 0.6) is 0 Å². The Morgan fingerprint density at radius 1 is 0.277 bits per heavy atom. The lowest BCUT2D eigenvalue weighted by Crippen LogP contribution is -2.11. The van der Waals surface area contributed by atoms with Gasteiger partial charge in [0.05, 0.1) is 16.8 Å². The van der Waals surface area contributed by atoms with Crippen molar-refractivity contribution in [3.63, 3.8) is 0 Å². The Bertz CT molecular complexity index is 3940. The summed E-state index contributed by atoms with van der Waals surface area (Å²) in [6.07, 6.45) is 0. The summed E-state index contributed by atoms with van der Waals surface area (Å²) in [5, 5.41) is 8.86. The lowest BCUT2D eigenvalue weighted by atomic mass is 9.91. The van der Waals surface area contributed by atoms with Crippen LogP contribution in [0.1, 0.15) is 0 Å². The summed E-state index contributed by atoms with van der Waals surface area (Å²) in [5.74, 6) is 0. The first-order valence-corrected chi connectivity index (χ1v) is 22.2. The van der Waals surface area contributed by atoms with Crippen molar-refractivity contribution in [2.45, 2.75) is 0 Å². The van der Waals surface area contributed by atoms with E-state index < -0.39 is 0 Å². The molecule has 304 valence electrons. The van der Waals surface area contributed by atoms with Gasteiger partial charge >= 0.3 is 0 Å². The quantitative estimate of drug-likeness (QED) is 0.160. The summed E-state index contributed by atoms with van der Waals surface area (Å²) < 4.78 is 13.8. The highest BCUT2D eigenvalue weighted by molar-refractivity contribution is 6.21. The van der Waals surface area contributed by atoms with Crippen LogP contribution < -0.4 is 4.90 Å². The first kappa shape index (κ1) is 36.9. The molecule has 3 nitrogen and oxygen atoms in total. The standard InChI is InChI=1S/C62H39NO2/c1-3-15-41(16-4-1)47-36-33-45(39-55(47)42-17-5-2-6-18-42)40-29-34-46(35-30-40)63(57-27-14-28-58-59(57)54-38-32-44-20-8-10-22-49(44)61(54)64-58)56-26-12-11-23-50(56)51-24-13-25-52-53-37-31-43-19-7-9-21-48(43)60(53)65-62(51)52/h1-39H. The summed E-state index contributed by atoms with van der Waals surface area (Å²) in [7, 11) is 0. The fourth-order valence-corrected chi connectivity index (χ4v) is 10.0. The lowest BCUT2D eigenvalue weighted by molar-refractivity contribution is 0.672. The normalized spacial score (nSPS) is 11.7. The molecule has 2 aromatic heterocycles. The third kappa shape index (κ3) is 6.05. The molecule has 0 radical (unpaired) electrons. The van der Waals surface area contributed by atoms with E-state index in [1.54, 1.807) is 0 Å². The van der Waals surface area contributed by atoms with Crippen LogP contribution in [0.25, 0.3) is 110 Å². The maximum atomic E-state index is 6.96. The molecule has 0 amide bonds. The first-order chi connectivity index (χ1) is 32.2. The van der Waals surface area contributed by atoms with E-state index in [4.69, 9.17) is 8.83 Å². The van der Waals surface area contributed by atoms with Crippen LogP contribution in [0.2, 0.25) is 0 Å². The van der Waals surface area contributed by atoms with E-state index in [9.17, 15) is 0 Å². The highest BCUT2D eigenvalue weighted by Gasteiger charge is 2.24. The van der Waals surface area contributed by atoms with Crippen molar-refractivity contribution < 1.29 is 8.83 Å². The van der Waals surface area contributed by atoms with Gasteiger partial charge in [-0.2, -0.15) is 0 Å². The molecule has 0 saturated heterocycles. The van der Waals surface area contributed by atoms with Crippen molar-refractivity contribution in [3.05, 3.63) is 237 Å². The maximum absolute atomic E-state index is 6.96. The molecule has 65 heavy (non-hydrogen) atoms. The minimum Gasteiger partial charge on any atom is -0.455 e. The Morgan fingerprint density at radius 3 is 1.58 bits per heavy atom. The third-order valence-electron chi connectivity index (χ3n) is 13.1. The molecule has 13 aromatic rings. The van der Waals surface area contributed by atoms with Gasteiger partial charge in [0.2, 0.25) is 0 Å². The Hall–Kier alpha value is -8.66. The summed E-state index contributed by atoms with van der Waals surface area (Å²) in [6, 6.07) is 84.6. The van der Waals surface area contributed by atoms with Gasteiger partial charge in [-0.05, 0) is 92.7 Å². The fourth-order valence-electron chi connectivity index (χ4n) is 10.0. The summed E-state index contributed by atoms with van der Waals surface area (Å²) in [4.78, 5) is 2.40. The summed E-state index contributed by atoms with van der Waals surface area (Å²) in [5.41, 5.74) is 15.8. The number of fused-ring (bicyclic) bond motifs is 10. The van der Waals surface area contributed by atoms with Crippen molar-refractivity contribution in [1.29, 1.82) is 0 Å². The van der Waals surface area contributed by atoms with Crippen molar-refractivity contribution in [2.24, 2.45) is 0 Å². The molecule has 0 saturated carbocycles. The number of hydrogen-bond acceptors (Lipinski definition) is 3. The van der Waals surface area contributed by atoms with Crippen LogP contribution >= 0.6 is 0 Å². The van der Waals surface area contributed by atoms with Gasteiger partial charge in [0.25, 0.3) is 0 Å². The van der Waals surface area contributed by atoms with Gasteiger partial charge in [-0.15, -0.1) is 0 Å². The predicted octanol–water partition coefficient (Wildman–Crippen LogP) is 17.9. The van der Waals surface area contributed by atoms with E-state index in [2.05, 4.69) is 241 Å². The highest BCUT2D eigenvalue weighted by Crippen LogP contribution is 2.49. The Labute approximate surface area is 375 Å². The smallest absolute Gasteiger partial charge is 0.143 e. The van der Waals surface area contributed by atoms with E-state index in [1.165, 1.54) is 22.3 Å². The number of furan rings is 2. The van der Waals surface area contributed by atoms with Crippen LogP contribution in [-0.2, 0) is 0 Å². The molecular weight excluding hydrogens is 791 g/mol. The van der Waals surface area contributed by atoms with E-state index in [0.717, 1.165) is 105 Å². The van der Waals surface area contributed by atoms with Gasteiger partial charge in [-0.1, -0.05) is 188 Å². The van der Waals surface area contributed by atoms with Gasteiger partial charge in [-0.25, -0.2) is 0 Å². The van der Waals surface area contributed by atoms with Gasteiger partial charge in [0.1, 0.15) is 22.3 Å². The number of para-hydroxylation sites is 2. The number of benzene rings is 11. The SMILES string of the molecule is c1ccc(-c2ccc(-c3ccc(N(c4ccccc4-c4cccc5c4oc4c6ccccc6ccc54)c4cccc5oc6c7ccccc7ccc6c45)cc3)cc2-c2ccccc2)cc1. The molecule has 0 unspecified atom stereocenters. The van der Waals surface area contributed by atoms with Crippen LogP contribution in [0, 0.1) is 0 Å². The fraction of sp³-hybridized carbons (Fsp3) is 0. The highest BCUT2D eigenvalue weighted by atomic mass is 16.3. The van der Waals surface area contributed by atoms with E-state index >= 15 is 0 Å². The number of anilines is 3. The average molecular weight is 830 g/mol. The van der Waals surface area contributed by atoms with Crippen molar-refractivity contribution in [1.82, 2.24) is 0 Å². The van der Waals surface area contributed by atoms with Crippen LogP contribution in [0.15, 0.2) is 245 Å². The second-order valence-electron chi connectivity index (χ2n) is 16.8. The minimum absolute atomic E-state index is 0.839. The Kier molecular flexibility index (Phi) is 8.53. The topological polar surface area (TPSA) is 29.5 Å². The zero-order valence-electron chi connectivity index (χ0n) is 35.3. The first-order valence-electron chi connectivity index (χ1n) is 22.2. The maximum Gasteiger partial charge on any atom is 0.143 e. The second-order valence-corrected chi connectivity index (χ2v) is 16.8. The molecule has 0 spiro atoms. The molecule has 11 aromatic carbocycles. The molecule has 0 aliphatic carbocycles. The molecule has 3 heteroatoms. The summed E-state index contributed by atoms with van der Waals surface area (Å²) >= 11 is 0. The predicted molar refractivity (Wildman–Crippen MR) is 272 cm³/mol. The van der Waals surface area contributed by atoms with Crippen molar-refractivity contribution in [2.75, 3.05) is 4.90 Å². The zero-order valence-corrected chi connectivity index (χ0v) is 35.3. The molecule has 2 heterocycles. The molecular formula is C62H39NO2.